The Hall–Kier alpha value is -1.03. The number of halogens is 1. The van der Waals surface area contributed by atoms with Gasteiger partial charge in [-0.15, -0.1) is 0 Å². The van der Waals surface area contributed by atoms with Crippen molar-refractivity contribution in [2.24, 2.45) is 5.92 Å². The van der Waals surface area contributed by atoms with Crippen LogP contribution >= 0.6 is 11.6 Å². The Morgan fingerprint density at radius 1 is 1.50 bits per heavy atom. The van der Waals surface area contributed by atoms with Crippen molar-refractivity contribution in [2.45, 2.75) is 39.7 Å². The van der Waals surface area contributed by atoms with E-state index < -0.39 is 0 Å². The lowest BCUT2D eigenvalue weighted by Gasteiger charge is -2.23. The van der Waals surface area contributed by atoms with Gasteiger partial charge in [0.2, 0.25) is 5.95 Å². The highest BCUT2D eigenvalue weighted by Gasteiger charge is 2.28. The molecule has 4 nitrogen and oxygen atoms in total. The Labute approximate surface area is 114 Å². The van der Waals surface area contributed by atoms with E-state index in [0.29, 0.717) is 22.9 Å². The fourth-order valence-corrected chi connectivity index (χ4v) is 2.68. The van der Waals surface area contributed by atoms with Crippen LogP contribution in [0.4, 0.5) is 11.8 Å². The number of rotatable bonds is 4. The Morgan fingerprint density at radius 2 is 2.28 bits per heavy atom. The molecule has 0 aromatic carbocycles. The summed E-state index contributed by atoms with van der Waals surface area (Å²) in [7, 11) is 0. The smallest absolute Gasteiger partial charge is 0.224 e. The Morgan fingerprint density at radius 3 is 2.89 bits per heavy atom. The van der Waals surface area contributed by atoms with Gasteiger partial charge in [-0.05, 0) is 25.7 Å². The maximum absolute atomic E-state index is 6.23. The molecule has 1 aromatic rings. The Balaban J connectivity index is 2.20. The molecule has 18 heavy (non-hydrogen) atoms. The first-order valence-electron chi connectivity index (χ1n) is 6.64. The zero-order valence-corrected chi connectivity index (χ0v) is 12.0. The van der Waals surface area contributed by atoms with Crippen molar-refractivity contribution in [3.63, 3.8) is 0 Å². The van der Waals surface area contributed by atoms with E-state index in [9.17, 15) is 0 Å². The molecule has 2 atom stereocenters. The van der Waals surface area contributed by atoms with Gasteiger partial charge in [-0.3, -0.25) is 0 Å². The Bertz CT molecular complexity index is 410. The van der Waals surface area contributed by atoms with Gasteiger partial charge in [0.25, 0.3) is 0 Å². The van der Waals surface area contributed by atoms with Gasteiger partial charge in [-0.2, -0.15) is 4.98 Å². The third kappa shape index (κ3) is 2.86. The highest BCUT2D eigenvalue weighted by molar-refractivity contribution is 6.32. The summed E-state index contributed by atoms with van der Waals surface area (Å²) in [6.45, 7) is 8.51. The molecule has 1 aromatic heterocycles. The molecule has 2 heterocycles. The van der Waals surface area contributed by atoms with Gasteiger partial charge in [0, 0.05) is 19.1 Å². The van der Waals surface area contributed by atoms with Crippen molar-refractivity contribution in [1.29, 1.82) is 0 Å². The van der Waals surface area contributed by atoms with Crippen molar-refractivity contribution in [3.8, 4) is 0 Å². The predicted octanol–water partition coefficient (Wildman–Crippen LogP) is 3.19. The van der Waals surface area contributed by atoms with Crippen LogP contribution in [0.5, 0.6) is 0 Å². The lowest BCUT2D eigenvalue weighted by Crippen LogP contribution is -2.28. The lowest BCUT2D eigenvalue weighted by atomic mass is 10.1. The molecule has 1 N–H and O–H groups in total. The third-order valence-electron chi connectivity index (χ3n) is 3.31. The second kappa shape index (κ2) is 5.74. The van der Waals surface area contributed by atoms with Gasteiger partial charge in [0.15, 0.2) is 5.82 Å². The molecule has 0 bridgehead atoms. The van der Waals surface area contributed by atoms with Gasteiger partial charge < -0.3 is 10.2 Å². The van der Waals surface area contributed by atoms with Crippen LogP contribution in [-0.2, 0) is 0 Å². The van der Waals surface area contributed by atoms with Gasteiger partial charge in [-0.1, -0.05) is 25.4 Å². The van der Waals surface area contributed by atoms with E-state index in [1.807, 2.05) is 0 Å². The predicted molar refractivity (Wildman–Crippen MR) is 76.4 cm³/mol. The molecular weight excluding hydrogens is 248 g/mol. The zero-order valence-electron chi connectivity index (χ0n) is 11.3. The van der Waals surface area contributed by atoms with E-state index >= 15 is 0 Å². The minimum Gasteiger partial charge on any atom is -0.354 e. The molecule has 5 heteroatoms. The summed E-state index contributed by atoms with van der Waals surface area (Å²) in [5.74, 6) is 2.23. The fraction of sp³-hybridized carbons (Fsp3) is 0.692. The van der Waals surface area contributed by atoms with E-state index in [0.717, 1.165) is 25.3 Å². The minimum atomic E-state index is 0.492. The molecule has 0 radical (unpaired) electrons. The summed E-state index contributed by atoms with van der Waals surface area (Å²) in [4.78, 5) is 11.0. The normalized spacial score (nSPS) is 23.4. The van der Waals surface area contributed by atoms with Crippen LogP contribution < -0.4 is 10.2 Å². The molecule has 2 unspecified atom stereocenters. The maximum atomic E-state index is 6.23. The summed E-state index contributed by atoms with van der Waals surface area (Å²) in [5, 5.41) is 3.84. The number of nitrogens with one attached hydrogen (secondary N) is 1. The van der Waals surface area contributed by atoms with Crippen LogP contribution in [-0.4, -0.2) is 29.1 Å². The second-order valence-corrected chi connectivity index (χ2v) is 5.54. The average molecular weight is 269 g/mol. The summed E-state index contributed by atoms with van der Waals surface area (Å²) in [6, 6.07) is 0.492. The van der Waals surface area contributed by atoms with Crippen molar-refractivity contribution < 1.29 is 0 Å². The quantitative estimate of drug-likeness (QED) is 0.911. The van der Waals surface area contributed by atoms with E-state index in [2.05, 4.69) is 41.0 Å². The second-order valence-electron chi connectivity index (χ2n) is 5.13. The first kappa shape index (κ1) is 13.4. The molecule has 0 spiro atoms. The number of anilines is 2. The minimum absolute atomic E-state index is 0.492. The highest BCUT2D eigenvalue weighted by Crippen LogP contribution is 2.32. The first-order chi connectivity index (χ1) is 8.61. The summed E-state index contributed by atoms with van der Waals surface area (Å²) >= 11 is 6.23. The van der Waals surface area contributed by atoms with Crippen LogP contribution in [0.2, 0.25) is 5.02 Å². The van der Waals surface area contributed by atoms with E-state index in [4.69, 9.17) is 11.6 Å². The number of hydrogen-bond acceptors (Lipinski definition) is 4. The molecule has 1 aliphatic rings. The molecule has 0 amide bonds. The highest BCUT2D eigenvalue weighted by atomic mass is 35.5. The molecule has 1 aliphatic heterocycles. The molecule has 0 aliphatic carbocycles. The Kier molecular flexibility index (Phi) is 4.27. The van der Waals surface area contributed by atoms with Crippen LogP contribution in [0.15, 0.2) is 6.20 Å². The molecule has 0 saturated carbocycles. The number of hydrogen-bond donors (Lipinski definition) is 1. The average Bonchev–Trinajstić information content (AvgIpc) is 2.67. The molecule has 1 fully saturated rings. The monoisotopic (exact) mass is 268 g/mol. The fourth-order valence-electron chi connectivity index (χ4n) is 2.48. The van der Waals surface area contributed by atoms with E-state index in [1.165, 1.54) is 6.42 Å². The van der Waals surface area contributed by atoms with E-state index in [-0.39, 0.29) is 0 Å². The van der Waals surface area contributed by atoms with Gasteiger partial charge in [0.05, 0.1) is 6.20 Å². The third-order valence-corrected chi connectivity index (χ3v) is 3.58. The number of nitrogens with zero attached hydrogens (tertiary/aromatic N) is 3. The summed E-state index contributed by atoms with van der Waals surface area (Å²) in [5.41, 5.74) is 0. The largest absolute Gasteiger partial charge is 0.354 e. The first-order valence-corrected chi connectivity index (χ1v) is 7.02. The van der Waals surface area contributed by atoms with Crippen LogP contribution in [0.1, 0.15) is 33.6 Å². The van der Waals surface area contributed by atoms with Crippen molar-refractivity contribution in [1.82, 2.24) is 9.97 Å². The molecule has 2 rings (SSSR count). The van der Waals surface area contributed by atoms with Crippen LogP contribution in [0, 0.1) is 5.92 Å². The van der Waals surface area contributed by atoms with E-state index in [1.54, 1.807) is 6.20 Å². The standard InChI is InChI=1S/C13H21ClN4/c1-4-5-15-13-16-7-11(14)12(17-13)18-8-9(2)6-10(18)3/h7,9-10H,4-6,8H2,1-3H3,(H,15,16,17). The maximum Gasteiger partial charge on any atom is 0.224 e. The lowest BCUT2D eigenvalue weighted by molar-refractivity contribution is 0.625. The zero-order chi connectivity index (χ0) is 13.1. The summed E-state index contributed by atoms with van der Waals surface area (Å²) in [6.07, 6.45) is 3.94. The van der Waals surface area contributed by atoms with Crippen molar-refractivity contribution in [3.05, 3.63) is 11.2 Å². The summed E-state index contributed by atoms with van der Waals surface area (Å²) < 4.78 is 0. The van der Waals surface area contributed by atoms with Gasteiger partial charge in [0.1, 0.15) is 5.02 Å². The number of aromatic nitrogens is 2. The SMILES string of the molecule is CCCNc1ncc(Cl)c(N2CC(C)CC2C)n1. The van der Waals surface area contributed by atoms with Gasteiger partial charge in [-0.25, -0.2) is 4.98 Å². The molecular formula is C13H21ClN4. The van der Waals surface area contributed by atoms with Crippen molar-refractivity contribution in [2.75, 3.05) is 23.3 Å². The molecule has 1 saturated heterocycles. The molecule has 100 valence electrons. The van der Waals surface area contributed by atoms with Crippen LogP contribution in [0.3, 0.4) is 0 Å². The topological polar surface area (TPSA) is 41.1 Å². The van der Waals surface area contributed by atoms with Gasteiger partial charge >= 0.3 is 0 Å². The van der Waals surface area contributed by atoms with Crippen LogP contribution in [0.25, 0.3) is 0 Å². The van der Waals surface area contributed by atoms with Crippen molar-refractivity contribution >= 4 is 23.4 Å².